The van der Waals surface area contributed by atoms with Gasteiger partial charge in [-0.25, -0.2) is 8.42 Å². The molecule has 5 aromatic rings. The smallest absolute Gasteiger partial charge is 0.349 e. The molecule has 0 aliphatic carbocycles. The molecule has 0 N–H and O–H groups in total. The molecule has 1 heterocycles. The van der Waals surface area contributed by atoms with Crippen molar-refractivity contribution in [2.24, 2.45) is 7.05 Å². The SMILES string of the molecule is COS(=O)(=O)[O-].Cc1c(C(=O)c2cccc3ccccc23)c(-c2ccccc2)c([N+](=O)[O-])c(-c2ccccc2)[n+]1C. The first-order chi connectivity index (χ1) is 19.5. The number of carbonyl (C=O) groups is 1. The summed E-state index contributed by atoms with van der Waals surface area (Å²) < 4.78 is 32.8. The molecule has 0 saturated carbocycles. The van der Waals surface area contributed by atoms with E-state index in [4.69, 9.17) is 0 Å². The van der Waals surface area contributed by atoms with E-state index in [1.165, 1.54) is 0 Å². The van der Waals surface area contributed by atoms with Crippen molar-refractivity contribution in [3.63, 3.8) is 0 Å². The molecule has 41 heavy (non-hydrogen) atoms. The van der Waals surface area contributed by atoms with Crippen LogP contribution in [-0.4, -0.2) is 30.8 Å². The molecular weight excluding hydrogens is 544 g/mol. The Morgan fingerprint density at radius 1 is 0.829 bits per heavy atom. The fraction of sp³-hybridized carbons (Fsp3) is 0.0968. The van der Waals surface area contributed by atoms with E-state index in [9.17, 15) is 27.9 Å². The van der Waals surface area contributed by atoms with E-state index < -0.39 is 10.4 Å². The van der Waals surface area contributed by atoms with Crippen molar-refractivity contribution in [2.75, 3.05) is 7.11 Å². The van der Waals surface area contributed by atoms with Crippen molar-refractivity contribution in [3.05, 3.63) is 130 Å². The van der Waals surface area contributed by atoms with Gasteiger partial charge in [0.2, 0.25) is 16.2 Å². The Hall–Kier alpha value is -4.77. The number of aromatic nitrogens is 1. The van der Waals surface area contributed by atoms with Crippen LogP contribution in [-0.2, 0) is 21.6 Å². The number of hydrogen-bond donors (Lipinski definition) is 0. The first kappa shape index (κ1) is 29.2. The molecule has 9 nitrogen and oxygen atoms in total. The molecule has 0 unspecified atom stereocenters. The Bertz CT molecular complexity index is 1850. The maximum Gasteiger partial charge on any atom is 0.349 e. The third-order valence-corrected chi connectivity index (χ3v) is 7.08. The van der Waals surface area contributed by atoms with Crippen molar-refractivity contribution in [2.45, 2.75) is 6.92 Å². The van der Waals surface area contributed by atoms with Gasteiger partial charge in [-0.2, -0.15) is 4.57 Å². The van der Waals surface area contributed by atoms with Crippen LogP contribution in [0.2, 0.25) is 0 Å². The molecule has 4 aromatic carbocycles. The molecule has 0 atom stereocenters. The molecule has 5 rings (SSSR count). The zero-order chi connectivity index (χ0) is 29.7. The van der Waals surface area contributed by atoms with Gasteiger partial charge in [0, 0.05) is 12.5 Å². The van der Waals surface area contributed by atoms with Crippen LogP contribution in [0.4, 0.5) is 5.69 Å². The minimum absolute atomic E-state index is 0.0842. The van der Waals surface area contributed by atoms with Gasteiger partial charge < -0.3 is 4.55 Å². The maximum atomic E-state index is 14.2. The van der Waals surface area contributed by atoms with Crippen LogP contribution in [0.1, 0.15) is 21.6 Å². The second kappa shape index (κ2) is 12.2. The third-order valence-electron chi connectivity index (χ3n) is 6.67. The molecule has 0 aliphatic rings. The summed E-state index contributed by atoms with van der Waals surface area (Å²) in [5.41, 5.74) is 3.57. The van der Waals surface area contributed by atoms with Crippen LogP contribution < -0.4 is 4.57 Å². The number of carbonyl (C=O) groups excluding carboxylic acids is 1. The van der Waals surface area contributed by atoms with Crippen LogP contribution in [0.15, 0.2) is 103 Å². The summed E-state index contributed by atoms with van der Waals surface area (Å²) in [7, 11) is -1.83. The van der Waals surface area contributed by atoms with Crippen molar-refractivity contribution in [1.82, 2.24) is 0 Å². The van der Waals surface area contributed by atoms with Gasteiger partial charge in [0.1, 0.15) is 12.6 Å². The Morgan fingerprint density at radius 3 is 1.90 bits per heavy atom. The highest BCUT2D eigenvalue weighted by Crippen LogP contribution is 2.41. The number of pyridine rings is 1. The second-order valence-corrected chi connectivity index (χ2v) is 10.2. The summed E-state index contributed by atoms with van der Waals surface area (Å²) in [6.07, 6.45) is 0. The van der Waals surface area contributed by atoms with Crippen LogP contribution in [0.25, 0.3) is 33.2 Å². The Morgan fingerprint density at radius 2 is 1.34 bits per heavy atom. The predicted molar refractivity (Wildman–Crippen MR) is 154 cm³/mol. The van der Waals surface area contributed by atoms with E-state index in [0.29, 0.717) is 39.2 Å². The van der Waals surface area contributed by atoms with E-state index in [0.717, 1.165) is 17.9 Å². The minimum Gasteiger partial charge on any atom is -0.726 e. The maximum absolute atomic E-state index is 14.2. The lowest BCUT2D eigenvalue weighted by Crippen LogP contribution is -2.38. The van der Waals surface area contributed by atoms with E-state index >= 15 is 0 Å². The third kappa shape index (κ3) is 6.20. The van der Waals surface area contributed by atoms with Gasteiger partial charge in [-0.15, -0.1) is 0 Å². The summed E-state index contributed by atoms with van der Waals surface area (Å²) in [4.78, 5) is 26.5. The number of benzene rings is 4. The van der Waals surface area contributed by atoms with Crippen molar-refractivity contribution >= 4 is 32.6 Å². The lowest BCUT2D eigenvalue weighted by molar-refractivity contribution is -0.669. The summed E-state index contributed by atoms with van der Waals surface area (Å²) in [6, 6.07) is 31.7. The molecular formula is C31H26N2O7S. The first-order valence-corrected chi connectivity index (χ1v) is 13.7. The van der Waals surface area contributed by atoms with Crippen LogP contribution in [0.5, 0.6) is 0 Å². The topological polar surface area (TPSA) is 131 Å². The minimum atomic E-state index is -4.41. The van der Waals surface area contributed by atoms with E-state index in [2.05, 4.69) is 4.18 Å². The van der Waals surface area contributed by atoms with Gasteiger partial charge in [-0.3, -0.25) is 19.1 Å². The molecule has 0 saturated heterocycles. The number of nitro groups is 1. The highest BCUT2D eigenvalue weighted by molar-refractivity contribution is 7.80. The summed E-state index contributed by atoms with van der Waals surface area (Å²) in [6.45, 7) is 1.85. The average Bonchev–Trinajstić information content (AvgIpc) is 2.98. The van der Waals surface area contributed by atoms with Gasteiger partial charge in [0.05, 0.1) is 23.2 Å². The molecule has 208 valence electrons. The number of hydrogen-bond acceptors (Lipinski definition) is 7. The predicted octanol–water partition coefficient (Wildman–Crippen LogP) is 5.54. The molecule has 0 amide bonds. The standard InChI is InChI=1S/C30H23N2O3.CH4O4S/c1-20-26(30(33)25-19-11-17-21-12-9-10-18-24(21)25)27(22-13-5-3-6-14-22)29(32(34)35)28(31(20)2)23-15-7-4-8-16-23;1-5-6(2,3)4/h3-19H,1-2H3;1H3,(H,2,3,4)/q+1;/p-1. The van der Waals surface area contributed by atoms with Gasteiger partial charge >= 0.3 is 5.69 Å². The first-order valence-electron chi connectivity index (χ1n) is 12.4. The number of fused-ring (bicyclic) bond motifs is 1. The van der Waals surface area contributed by atoms with Crippen molar-refractivity contribution in [1.29, 1.82) is 0 Å². The summed E-state index contributed by atoms with van der Waals surface area (Å²) in [5, 5.41) is 14.4. The van der Waals surface area contributed by atoms with Gasteiger partial charge in [-0.05, 0) is 28.5 Å². The van der Waals surface area contributed by atoms with E-state index in [1.54, 1.807) is 17.7 Å². The zero-order valence-electron chi connectivity index (χ0n) is 22.5. The van der Waals surface area contributed by atoms with E-state index in [1.807, 2.05) is 104 Å². The number of ketones is 1. The monoisotopic (exact) mass is 570 g/mol. The van der Waals surface area contributed by atoms with Gasteiger partial charge in [0.25, 0.3) is 5.69 Å². The highest BCUT2D eigenvalue weighted by Gasteiger charge is 2.38. The van der Waals surface area contributed by atoms with Gasteiger partial charge in [-0.1, -0.05) is 91.0 Å². The highest BCUT2D eigenvalue weighted by atomic mass is 32.3. The largest absolute Gasteiger partial charge is 0.726 e. The quantitative estimate of drug-likeness (QED) is 0.0654. The van der Waals surface area contributed by atoms with Crippen LogP contribution in [0, 0.1) is 17.0 Å². The average molecular weight is 571 g/mol. The molecule has 10 heteroatoms. The Kier molecular flexibility index (Phi) is 8.68. The molecule has 0 radical (unpaired) electrons. The van der Waals surface area contributed by atoms with Crippen molar-refractivity contribution < 1.29 is 31.4 Å². The summed E-state index contributed by atoms with van der Waals surface area (Å²) >= 11 is 0. The molecule has 0 bridgehead atoms. The normalized spacial score (nSPS) is 11.0. The Labute approximate surface area is 237 Å². The summed E-state index contributed by atoms with van der Waals surface area (Å²) in [5.74, 6) is -0.239. The van der Waals surface area contributed by atoms with Crippen LogP contribution in [0.3, 0.4) is 0 Å². The van der Waals surface area contributed by atoms with Crippen molar-refractivity contribution in [3.8, 4) is 22.4 Å². The van der Waals surface area contributed by atoms with E-state index in [-0.39, 0.29) is 16.4 Å². The van der Waals surface area contributed by atoms with Crippen LogP contribution >= 0.6 is 0 Å². The number of rotatable bonds is 6. The van der Waals surface area contributed by atoms with Gasteiger partial charge in [0.15, 0.2) is 5.69 Å². The number of nitrogens with zero attached hydrogens (tertiary/aromatic N) is 2. The molecule has 0 fully saturated rings. The Balaban J connectivity index is 0.000000585. The zero-order valence-corrected chi connectivity index (χ0v) is 23.3. The lowest BCUT2D eigenvalue weighted by atomic mass is 9.88. The molecule has 0 spiro atoms. The fourth-order valence-corrected chi connectivity index (χ4v) is 4.74. The fourth-order valence-electron chi connectivity index (χ4n) is 4.74. The lowest BCUT2D eigenvalue weighted by Gasteiger charge is -2.15. The molecule has 1 aromatic heterocycles. The molecule has 0 aliphatic heterocycles. The second-order valence-electron chi connectivity index (χ2n) is 9.01.